The minimum atomic E-state index is -0.306. The van der Waals surface area contributed by atoms with Crippen molar-refractivity contribution in [2.24, 2.45) is 0 Å². The van der Waals surface area contributed by atoms with Gasteiger partial charge in [-0.05, 0) is 31.9 Å². The molecule has 10 heteroatoms. The maximum Gasteiger partial charge on any atom is 0.254 e. The monoisotopic (exact) mass is 483 g/mol. The molecule has 1 saturated heterocycles. The van der Waals surface area contributed by atoms with Crippen LogP contribution in [0.2, 0.25) is 0 Å². The number of carbonyl (C=O) groups is 4. The first kappa shape index (κ1) is 23.9. The highest BCUT2D eigenvalue weighted by Gasteiger charge is 2.34. The molecule has 0 spiro atoms. The van der Waals surface area contributed by atoms with Crippen LogP contribution in [0.1, 0.15) is 41.4 Å². The molecule has 1 saturated carbocycles. The zero-order valence-corrected chi connectivity index (χ0v) is 20.3. The second-order valence-electron chi connectivity index (χ2n) is 8.79. The van der Waals surface area contributed by atoms with E-state index in [9.17, 15) is 19.2 Å². The molecule has 180 valence electrons. The summed E-state index contributed by atoms with van der Waals surface area (Å²) < 4.78 is 0. The summed E-state index contributed by atoms with van der Waals surface area (Å²) in [6.45, 7) is 5.56. The molecule has 2 aromatic rings. The number of carbonyl (C=O) groups excluding carboxylic acids is 4. The number of hydrogen-bond donors (Lipinski definition) is 1. The van der Waals surface area contributed by atoms with E-state index in [0.29, 0.717) is 42.6 Å². The van der Waals surface area contributed by atoms with Crippen LogP contribution in [0.5, 0.6) is 0 Å². The summed E-state index contributed by atoms with van der Waals surface area (Å²) in [7, 11) is 0. The average molecular weight is 484 g/mol. The lowest BCUT2D eigenvalue weighted by atomic mass is 10.1. The van der Waals surface area contributed by atoms with Crippen molar-refractivity contribution in [2.45, 2.75) is 39.2 Å². The Morgan fingerprint density at radius 1 is 1.06 bits per heavy atom. The van der Waals surface area contributed by atoms with Crippen LogP contribution in [-0.4, -0.2) is 82.1 Å². The van der Waals surface area contributed by atoms with Crippen molar-refractivity contribution < 1.29 is 19.2 Å². The third-order valence-electron chi connectivity index (χ3n) is 6.07. The standard InChI is InChI=1S/C24H29N5O4S/c1-16-3-5-18(6-4-16)23(33)29(20-7-8-20)14-21(31)26-24-25-19(15-34-24)13-22(32)28-11-9-27(10-12-28)17(2)30/h3-6,15,20H,7-14H2,1-2H3,(H,25,26,31). The van der Waals surface area contributed by atoms with Gasteiger partial charge in [0, 0.05) is 50.1 Å². The number of benzene rings is 1. The lowest BCUT2D eigenvalue weighted by molar-refractivity contribution is -0.138. The van der Waals surface area contributed by atoms with Gasteiger partial charge in [0.1, 0.15) is 6.54 Å². The minimum absolute atomic E-state index is 0.0211. The SMILES string of the molecule is CC(=O)N1CCN(C(=O)Cc2csc(NC(=O)CN(C(=O)c3ccc(C)cc3)C3CC3)n2)CC1. The van der Waals surface area contributed by atoms with Gasteiger partial charge >= 0.3 is 0 Å². The molecule has 0 atom stereocenters. The summed E-state index contributed by atoms with van der Waals surface area (Å²) in [5, 5.41) is 4.94. The molecule has 0 bridgehead atoms. The second-order valence-corrected chi connectivity index (χ2v) is 9.64. The van der Waals surface area contributed by atoms with Gasteiger partial charge < -0.3 is 20.0 Å². The maximum absolute atomic E-state index is 12.9. The summed E-state index contributed by atoms with van der Waals surface area (Å²) in [6, 6.07) is 7.44. The molecule has 2 fully saturated rings. The number of piperazine rings is 1. The topological polar surface area (TPSA) is 103 Å². The molecule has 0 unspecified atom stereocenters. The van der Waals surface area contributed by atoms with E-state index in [4.69, 9.17) is 0 Å². The van der Waals surface area contributed by atoms with Crippen LogP contribution in [0, 0.1) is 6.92 Å². The third kappa shape index (κ3) is 5.99. The van der Waals surface area contributed by atoms with Gasteiger partial charge in [0.2, 0.25) is 17.7 Å². The number of hydrogen-bond acceptors (Lipinski definition) is 6. The molecule has 1 aliphatic heterocycles. The first-order valence-electron chi connectivity index (χ1n) is 11.5. The van der Waals surface area contributed by atoms with E-state index in [1.54, 1.807) is 32.2 Å². The quantitative estimate of drug-likeness (QED) is 0.648. The summed E-state index contributed by atoms with van der Waals surface area (Å²) in [5.74, 6) is -0.476. The Labute approximate surface area is 202 Å². The van der Waals surface area contributed by atoms with Crippen molar-refractivity contribution in [3.8, 4) is 0 Å². The molecule has 34 heavy (non-hydrogen) atoms. The number of anilines is 1. The van der Waals surface area contributed by atoms with Crippen LogP contribution >= 0.6 is 11.3 Å². The van der Waals surface area contributed by atoms with Gasteiger partial charge in [-0.25, -0.2) is 4.98 Å². The minimum Gasteiger partial charge on any atom is -0.339 e. The van der Waals surface area contributed by atoms with E-state index in [1.165, 1.54) is 18.3 Å². The van der Waals surface area contributed by atoms with Crippen LogP contribution in [0.4, 0.5) is 5.13 Å². The number of rotatable bonds is 7. The van der Waals surface area contributed by atoms with Crippen molar-refractivity contribution in [3.63, 3.8) is 0 Å². The number of amides is 4. The summed E-state index contributed by atoms with van der Waals surface area (Å²) in [6.07, 6.45) is 1.94. The van der Waals surface area contributed by atoms with Gasteiger partial charge in [-0.15, -0.1) is 11.3 Å². The predicted octanol–water partition coefficient (Wildman–Crippen LogP) is 1.93. The Bertz CT molecular complexity index is 1070. The molecule has 4 rings (SSSR count). The first-order valence-corrected chi connectivity index (χ1v) is 12.3. The van der Waals surface area contributed by atoms with E-state index in [1.807, 2.05) is 19.1 Å². The van der Waals surface area contributed by atoms with Crippen LogP contribution in [0.3, 0.4) is 0 Å². The molecular weight excluding hydrogens is 454 g/mol. The smallest absolute Gasteiger partial charge is 0.254 e. The molecule has 2 aliphatic rings. The zero-order chi connectivity index (χ0) is 24.2. The highest BCUT2D eigenvalue weighted by molar-refractivity contribution is 7.13. The van der Waals surface area contributed by atoms with Crippen LogP contribution < -0.4 is 5.32 Å². The Hall–Kier alpha value is -3.27. The van der Waals surface area contributed by atoms with Gasteiger partial charge in [0.15, 0.2) is 5.13 Å². The highest BCUT2D eigenvalue weighted by atomic mass is 32.1. The van der Waals surface area contributed by atoms with Crippen LogP contribution in [0.25, 0.3) is 0 Å². The van der Waals surface area contributed by atoms with Gasteiger partial charge in [-0.3, -0.25) is 19.2 Å². The normalized spacial score (nSPS) is 15.7. The van der Waals surface area contributed by atoms with Crippen molar-refractivity contribution in [3.05, 3.63) is 46.5 Å². The molecule has 2 heterocycles. The molecule has 4 amide bonds. The first-order chi connectivity index (χ1) is 16.3. The summed E-state index contributed by atoms with van der Waals surface area (Å²) in [4.78, 5) is 59.1. The molecule has 9 nitrogen and oxygen atoms in total. The number of nitrogens with zero attached hydrogens (tertiary/aromatic N) is 4. The fourth-order valence-electron chi connectivity index (χ4n) is 3.91. The number of nitrogens with one attached hydrogen (secondary N) is 1. The molecule has 1 N–H and O–H groups in total. The largest absolute Gasteiger partial charge is 0.339 e. The summed E-state index contributed by atoms with van der Waals surface area (Å²) in [5.41, 5.74) is 2.24. The van der Waals surface area contributed by atoms with E-state index in [-0.39, 0.29) is 42.6 Å². The van der Waals surface area contributed by atoms with Crippen molar-refractivity contribution >= 4 is 40.1 Å². The van der Waals surface area contributed by atoms with E-state index < -0.39 is 0 Å². The highest BCUT2D eigenvalue weighted by Crippen LogP contribution is 2.28. The third-order valence-corrected chi connectivity index (χ3v) is 6.88. The Morgan fingerprint density at radius 2 is 1.71 bits per heavy atom. The Balaban J connectivity index is 1.29. The van der Waals surface area contributed by atoms with Gasteiger partial charge in [-0.2, -0.15) is 0 Å². The lowest BCUT2D eigenvalue weighted by Crippen LogP contribution is -2.50. The molecule has 1 aliphatic carbocycles. The fourth-order valence-corrected chi connectivity index (χ4v) is 4.64. The van der Waals surface area contributed by atoms with Gasteiger partial charge in [0.05, 0.1) is 12.1 Å². The fraction of sp³-hybridized carbons (Fsp3) is 0.458. The van der Waals surface area contributed by atoms with Crippen LogP contribution in [-0.2, 0) is 20.8 Å². The lowest BCUT2D eigenvalue weighted by Gasteiger charge is -2.34. The van der Waals surface area contributed by atoms with Crippen molar-refractivity contribution in [1.29, 1.82) is 0 Å². The predicted molar refractivity (Wildman–Crippen MR) is 129 cm³/mol. The molecule has 0 radical (unpaired) electrons. The Morgan fingerprint density at radius 3 is 2.32 bits per heavy atom. The zero-order valence-electron chi connectivity index (χ0n) is 19.5. The van der Waals surface area contributed by atoms with E-state index in [2.05, 4.69) is 10.3 Å². The van der Waals surface area contributed by atoms with E-state index in [0.717, 1.165) is 18.4 Å². The molecular formula is C24H29N5O4S. The van der Waals surface area contributed by atoms with Gasteiger partial charge in [0.25, 0.3) is 5.91 Å². The number of aromatic nitrogens is 1. The maximum atomic E-state index is 12.9. The second kappa shape index (κ2) is 10.3. The van der Waals surface area contributed by atoms with Gasteiger partial charge in [-0.1, -0.05) is 17.7 Å². The summed E-state index contributed by atoms with van der Waals surface area (Å²) >= 11 is 1.26. The average Bonchev–Trinajstić information content (AvgIpc) is 3.57. The van der Waals surface area contributed by atoms with E-state index >= 15 is 0 Å². The molecule has 1 aromatic carbocycles. The Kier molecular flexibility index (Phi) is 7.26. The van der Waals surface area contributed by atoms with Crippen LogP contribution in [0.15, 0.2) is 29.6 Å². The number of aryl methyl sites for hydroxylation is 1. The number of thiazole rings is 1. The van der Waals surface area contributed by atoms with Crippen molar-refractivity contribution in [1.82, 2.24) is 19.7 Å². The molecule has 1 aromatic heterocycles. The van der Waals surface area contributed by atoms with Crippen molar-refractivity contribution in [2.75, 3.05) is 38.0 Å².